The molecule has 176 valence electrons. The minimum Gasteiger partial charge on any atom is -0.471 e. The summed E-state index contributed by atoms with van der Waals surface area (Å²) in [6.45, 7) is 5.88. The Bertz CT molecular complexity index is 1250. The van der Waals surface area contributed by atoms with Crippen molar-refractivity contribution in [1.29, 1.82) is 0 Å². The predicted octanol–water partition coefficient (Wildman–Crippen LogP) is 2.93. The molecule has 0 spiro atoms. The van der Waals surface area contributed by atoms with E-state index in [0.29, 0.717) is 23.5 Å². The fraction of sp³-hybridized carbons (Fsp3) is 0.250. The van der Waals surface area contributed by atoms with Crippen molar-refractivity contribution in [2.24, 2.45) is 4.99 Å². The number of ether oxygens (including phenoxy) is 1. The van der Waals surface area contributed by atoms with E-state index in [1.54, 1.807) is 32.2 Å². The number of halogens is 1. The van der Waals surface area contributed by atoms with Gasteiger partial charge in [-0.25, -0.2) is 19.7 Å². The Labute approximate surface area is 189 Å². The molecule has 2 aromatic carbocycles. The second kappa shape index (κ2) is 8.19. The first-order valence-corrected chi connectivity index (χ1v) is 11.1. The maximum Gasteiger partial charge on any atom is 0.394 e. The molecule has 33 heavy (non-hydrogen) atoms. The number of aliphatic imine (C=N–C) groups is 1. The Balaban J connectivity index is 0.000000471. The van der Waals surface area contributed by atoms with E-state index in [9.17, 15) is 4.39 Å². The molecule has 0 saturated carbocycles. The van der Waals surface area contributed by atoms with E-state index >= 15 is 0 Å². The highest BCUT2D eigenvalue weighted by Gasteiger charge is 2.49. The molecule has 3 aliphatic heterocycles. The van der Waals surface area contributed by atoms with Gasteiger partial charge in [0.15, 0.2) is 6.73 Å². The van der Waals surface area contributed by atoms with E-state index in [-0.39, 0.29) is 5.82 Å². The maximum absolute atomic E-state index is 14.1. The highest BCUT2D eigenvalue weighted by molar-refractivity contribution is 7.79. The van der Waals surface area contributed by atoms with E-state index < -0.39 is 16.4 Å². The number of allylic oxidation sites excluding steroid dienone is 1. The fourth-order valence-electron chi connectivity index (χ4n) is 3.69. The van der Waals surface area contributed by atoms with Crippen LogP contribution >= 0.6 is 0 Å². The van der Waals surface area contributed by atoms with Crippen LogP contribution in [0, 0.1) is 19.7 Å². The molecule has 13 heteroatoms. The summed E-state index contributed by atoms with van der Waals surface area (Å²) < 4.78 is 51.2. The van der Waals surface area contributed by atoms with Gasteiger partial charge in [0, 0.05) is 17.5 Å². The zero-order chi connectivity index (χ0) is 24.0. The van der Waals surface area contributed by atoms with E-state index in [4.69, 9.17) is 27.1 Å². The molecule has 2 bridgehead atoms. The standard InChI is InChI=1S/C20H20FN5O2.H2O4S/c1-11-6-14(7-12(2)18(11)21)24-20-23-9-13(3)19(25-28-20)26(20)15-4-5-17-16(8-15)22-10-27-17;1-5(2,3)4/h4-9,22,24-25H,10H2,1-3H3;(H2,1,2,3,4). The Kier molecular flexibility index (Phi) is 5.66. The molecule has 2 aromatic rings. The Hall–Kier alpha value is -3.39. The normalized spacial score (nSPS) is 20.4. The van der Waals surface area contributed by atoms with E-state index in [2.05, 4.69) is 21.1 Å². The average Bonchev–Trinajstić information content (AvgIpc) is 3.29. The SMILES string of the molecule is CC1=C2NOC(Nc3cc(C)c(F)c(C)c3)(N=C1)N2c1ccc2c(c1)NCO2.O=S(=O)(O)O. The molecule has 1 unspecified atom stereocenters. The summed E-state index contributed by atoms with van der Waals surface area (Å²) in [5.41, 5.74) is 7.52. The molecule has 1 saturated heterocycles. The van der Waals surface area contributed by atoms with Crippen LogP contribution in [0.15, 0.2) is 46.7 Å². The summed E-state index contributed by atoms with van der Waals surface area (Å²) in [4.78, 5) is 12.5. The molecule has 0 aromatic heterocycles. The predicted molar refractivity (Wildman–Crippen MR) is 120 cm³/mol. The Morgan fingerprint density at radius 2 is 1.85 bits per heavy atom. The first kappa shape index (κ1) is 22.8. The average molecular weight is 479 g/mol. The van der Waals surface area contributed by atoms with Crippen LogP contribution in [0.5, 0.6) is 5.75 Å². The quantitative estimate of drug-likeness (QED) is 0.417. The summed E-state index contributed by atoms with van der Waals surface area (Å²) in [5.74, 6) is 0.165. The smallest absolute Gasteiger partial charge is 0.394 e. The molecule has 11 nitrogen and oxygen atoms in total. The summed E-state index contributed by atoms with van der Waals surface area (Å²) in [5, 5.41) is 6.52. The first-order valence-electron chi connectivity index (χ1n) is 9.73. The van der Waals surface area contributed by atoms with Crippen LogP contribution in [0.3, 0.4) is 0 Å². The third kappa shape index (κ3) is 4.57. The van der Waals surface area contributed by atoms with Crippen molar-refractivity contribution >= 4 is 33.7 Å². The van der Waals surface area contributed by atoms with Crippen LogP contribution < -0.4 is 25.8 Å². The van der Waals surface area contributed by atoms with E-state index in [1.165, 1.54) is 0 Å². The van der Waals surface area contributed by atoms with Gasteiger partial charge >= 0.3 is 16.4 Å². The number of hydrogen-bond donors (Lipinski definition) is 5. The summed E-state index contributed by atoms with van der Waals surface area (Å²) in [7, 11) is -4.67. The lowest BCUT2D eigenvalue weighted by Crippen LogP contribution is -2.51. The molecule has 0 amide bonds. The Morgan fingerprint density at radius 1 is 1.18 bits per heavy atom. The number of hydroxylamine groups is 1. The zero-order valence-corrected chi connectivity index (χ0v) is 18.7. The first-order chi connectivity index (χ1) is 15.5. The molecule has 3 aliphatic rings. The number of rotatable bonds is 3. The molecule has 1 atom stereocenters. The van der Waals surface area contributed by atoms with Crippen LogP contribution in [-0.2, 0) is 15.2 Å². The van der Waals surface area contributed by atoms with Crippen molar-refractivity contribution in [2.45, 2.75) is 26.7 Å². The molecule has 0 aliphatic carbocycles. The molecule has 5 N–H and O–H groups in total. The summed E-state index contributed by atoms with van der Waals surface area (Å²) in [6, 6.07) is 9.35. The third-order valence-electron chi connectivity index (χ3n) is 5.08. The number of anilines is 3. The van der Waals surface area contributed by atoms with Crippen molar-refractivity contribution < 1.29 is 31.5 Å². The lowest BCUT2D eigenvalue weighted by atomic mass is 10.1. The van der Waals surface area contributed by atoms with Crippen molar-refractivity contribution in [3.05, 3.63) is 58.7 Å². The molecule has 0 radical (unpaired) electrons. The van der Waals surface area contributed by atoms with Crippen LogP contribution in [-0.4, -0.2) is 36.4 Å². The van der Waals surface area contributed by atoms with Crippen LogP contribution in [0.25, 0.3) is 0 Å². The van der Waals surface area contributed by atoms with Gasteiger partial charge in [0.1, 0.15) is 17.4 Å². The molecular weight excluding hydrogens is 457 g/mol. The van der Waals surface area contributed by atoms with Crippen LogP contribution in [0.4, 0.5) is 21.5 Å². The Morgan fingerprint density at radius 3 is 2.52 bits per heavy atom. The highest BCUT2D eigenvalue weighted by atomic mass is 32.3. The zero-order valence-electron chi connectivity index (χ0n) is 17.9. The van der Waals surface area contributed by atoms with Gasteiger partial charge in [-0.3, -0.25) is 14.0 Å². The molecule has 3 heterocycles. The molecule has 1 fully saturated rings. The third-order valence-corrected chi connectivity index (χ3v) is 5.08. The number of benzene rings is 2. The number of hydrogen-bond acceptors (Lipinski definition) is 9. The van der Waals surface area contributed by atoms with Gasteiger partial charge in [0.2, 0.25) is 0 Å². The highest BCUT2D eigenvalue weighted by Crippen LogP contribution is 2.42. The van der Waals surface area contributed by atoms with Crippen LogP contribution in [0.2, 0.25) is 0 Å². The minimum atomic E-state index is -4.67. The maximum atomic E-state index is 14.1. The van der Waals surface area contributed by atoms with Gasteiger partial charge in [-0.15, -0.1) is 0 Å². The second-order valence-electron chi connectivity index (χ2n) is 7.58. The number of nitrogens with zero attached hydrogens (tertiary/aromatic N) is 2. The number of nitrogens with one attached hydrogen (secondary N) is 3. The van der Waals surface area contributed by atoms with Crippen molar-refractivity contribution in [2.75, 3.05) is 22.3 Å². The summed E-state index contributed by atoms with van der Waals surface area (Å²) in [6.07, 6.45) is 1.76. The fourth-order valence-corrected chi connectivity index (χ4v) is 3.69. The second-order valence-corrected chi connectivity index (χ2v) is 8.48. The topological polar surface area (TPSA) is 145 Å². The van der Waals surface area contributed by atoms with E-state index in [1.807, 2.05) is 30.0 Å². The van der Waals surface area contributed by atoms with Crippen molar-refractivity contribution in [3.8, 4) is 5.75 Å². The number of aryl methyl sites for hydroxylation is 2. The van der Waals surface area contributed by atoms with Crippen molar-refractivity contribution in [1.82, 2.24) is 5.48 Å². The molecule has 5 rings (SSSR count). The monoisotopic (exact) mass is 479 g/mol. The van der Waals surface area contributed by atoms with E-state index in [0.717, 1.165) is 28.5 Å². The van der Waals surface area contributed by atoms with Gasteiger partial charge in [-0.1, -0.05) is 0 Å². The largest absolute Gasteiger partial charge is 0.471 e. The van der Waals surface area contributed by atoms with Gasteiger partial charge in [-0.2, -0.15) is 8.42 Å². The van der Waals surface area contributed by atoms with Gasteiger partial charge in [-0.05, 0) is 62.2 Å². The lowest BCUT2D eigenvalue weighted by molar-refractivity contribution is -0.0214. The molecular formula is C20H22FN5O6S. The summed E-state index contributed by atoms with van der Waals surface area (Å²) >= 11 is 0. The lowest BCUT2D eigenvalue weighted by Gasteiger charge is -2.36. The van der Waals surface area contributed by atoms with Crippen molar-refractivity contribution in [3.63, 3.8) is 0 Å². The minimum absolute atomic E-state index is 0.210. The van der Waals surface area contributed by atoms with Gasteiger partial charge < -0.3 is 15.4 Å². The van der Waals surface area contributed by atoms with Crippen LogP contribution in [0.1, 0.15) is 18.1 Å². The van der Waals surface area contributed by atoms with Gasteiger partial charge in [0.25, 0.3) is 0 Å². The van der Waals surface area contributed by atoms with Gasteiger partial charge in [0.05, 0.1) is 11.4 Å². The number of fused-ring (bicyclic) bond motifs is 3.